The monoisotopic (exact) mass is 198 g/mol. The van der Waals surface area contributed by atoms with Crippen LogP contribution in [0.5, 0.6) is 0 Å². The fourth-order valence-electron chi connectivity index (χ4n) is 2.44. The van der Waals surface area contributed by atoms with Crippen molar-refractivity contribution in [3.63, 3.8) is 0 Å². The van der Waals surface area contributed by atoms with E-state index in [0.29, 0.717) is 18.2 Å². The Kier molecular flexibility index (Phi) is 3.79. The summed E-state index contributed by atoms with van der Waals surface area (Å²) in [4.78, 5) is 0. The second-order valence-corrected chi connectivity index (χ2v) is 4.55. The van der Waals surface area contributed by atoms with Gasteiger partial charge in [-0.25, -0.2) is 0 Å². The van der Waals surface area contributed by atoms with Gasteiger partial charge in [-0.05, 0) is 39.2 Å². The molecule has 0 spiro atoms. The topological polar surface area (TPSA) is 33.3 Å². The molecule has 2 rings (SSSR count). The first kappa shape index (κ1) is 10.4. The molecule has 3 atom stereocenters. The van der Waals surface area contributed by atoms with Gasteiger partial charge in [-0.3, -0.25) is 0 Å². The highest BCUT2D eigenvalue weighted by atomic mass is 16.5. The molecule has 3 nitrogen and oxygen atoms in total. The Hall–Kier alpha value is -0.120. The average Bonchev–Trinajstić information content (AvgIpc) is 2.72. The molecule has 0 bridgehead atoms. The van der Waals surface area contributed by atoms with Gasteiger partial charge in [0.2, 0.25) is 0 Å². The van der Waals surface area contributed by atoms with E-state index >= 15 is 0 Å². The molecule has 2 aliphatic rings. The number of hydrogen-bond donors (Lipinski definition) is 2. The minimum Gasteiger partial charge on any atom is -0.377 e. The van der Waals surface area contributed by atoms with Crippen LogP contribution in [0, 0.1) is 0 Å². The maximum absolute atomic E-state index is 5.77. The summed E-state index contributed by atoms with van der Waals surface area (Å²) in [6, 6.07) is 1.18. The second kappa shape index (κ2) is 5.10. The van der Waals surface area contributed by atoms with Gasteiger partial charge in [-0.2, -0.15) is 0 Å². The van der Waals surface area contributed by atoms with E-state index in [9.17, 15) is 0 Å². The summed E-state index contributed by atoms with van der Waals surface area (Å²) in [7, 11) is 0. The Bertz CT molecular complexity index is 163. The Balaban J connectivity index is 1.72. The van der Waals surface area contributed by atoms with E-state index in [4.69, 9.17) is 4.74 Å². The highest BCUT2D eigenvalue weighted by Gasteiger charge is 2.24. The van der Waals surface area contributed by atoms with Gasteiger partial charge in [0.15, 0.2) is 0 Å². The summed E-state index contributed by atoms with van der Waals surface area (Å²) in [6.07, 6.45) is 5.52. The minimum atomic E-state index is 0.448. The van der Waals surface area contributed by atoms with Crippen molar-refractivity contribution >= 4 is 0 Å². The molecule has 0 aromatic carbocycles. The largest absolute Gasteiger partial charge is 0.377 e. The van der Waals surface area contributed by atoms with Gasteiger partial charge < -0.3 is 15.4 Å². The summed E-state index contributed by atoms with van der Waals surface area (Å²) in [5, 5.41) is 7.04. The third-order valence-corrected chi connectivity index (χ3v) is 3.33. The molecular weight excluding hydrogens is 176 g/mol. The number of rotatable bonds is 3. The Morgan fingerprint density at radius 1 is 1.36 bits per heavy atom. The highest BCUT2D eigenvalue weighted by Crippen LogP contribution is 2.16. The molecule has 0 saturated carbocycles. The number of ether oxygens (including phenoxy) is 1. The van der Waals surface area contributed by atoms with Crippen LogP contribution in [-0.2, 0) is 4.74 Å². The normalized spacial score (nSPS) is 35.8. The first-order valence-electron chi connectivity index (χ1n) is 5.94. The van der Waals surface area contributed by atoms with Gasteiger partial charge in [0.1, 0.15) is 0 Å². The molecule has 2 heterocycles. The average molecular weight is 198 g/mol. The zero-order valence-electron chi connectivity index (χ0n) is 9.09. The van der Waals surface area contributed by atoms with Gasteiger partial charge >= 0.3 is 0 Å². The van der Waals surface area contributed by atoms with E-state index in [0.717, 1.165) is 19.7 Å². The molecule has 82 valence electrons. The van der Waals surface area contributed by atoms with Crippen LogP contribution in [-0.4, -0.2) is 37.9 Å². The molecule has 0 aromatic rings. The van der Waals surface area contributed by atoms with Crippen LogP contribution in [0.1, 0.15) is 32.6 Å². The molecule has 0 amide bonds. The molecule has 2 saturated heterocycles. The van der Waals surface area contributed by atoms with Crippen molar-refractivity contribution < 1.29 is 4.74 Å². The third kappa shape index (κ3) is 2.69. The molecule has 0 aromatic heterocycles. The molecule has 0 radical (unpaired) electrons. The van der Waals surface area contributed by atoms with Crippen LogP contribution >= 0.6 is 0 Å². The van der Waals surface area contributed by atoms with Gasteiger partial charge in [0.05, 0.1) is 6.10 Å². The predicted molar refractivity (Wildman–Crippen MR) is 57.5 cm³/mol. The van der Waals surface area contributed by atoms with Crippen molar-refractivity contribution in [2.45, 2.75) is 50.8 Å². The lowest BCUT2D eigenvalue weighted by molar-refractivity contribution is -0.00552. The highest BCUT2D eigenvalue weighted by molar-refractivity contribution is 4.84. The van der Waals surface area contributed by atoms with Crippen LogP contribution in [0.25, 0.3) is 0 Å². The minimum absolute atomic E-state index is 0.448. The van der Waals surface area contributed by atoms with Crippen LogP contribution in [0.15, 0.2) is 0 Å². The Morgan fingerprint density at radius 3 is 2.93 bits per heavy atom. The quantitative estimate of drug-likeness (QED) is 0.707. The van der Waals surface area contributed by atoms with E-state index in [1.54, 1.807) is 0 Å². The fourth-order valence-corrected chi connectivity index (χ4v) is 2.44. The Morgan fingerprint density at radius 2 is 2.29 bits per heavy atom. The summed E-state index contributed by atoms with van der Waals surface area (Å²) < 4.78 is 5.77. The van der Waals surface area contributed by atoms with E-state index < -0.39 is 0 Å². The van der Waals surface area contributed by atoms with E-state index in [-0.39, 0.29) is 0 Å². The molecule has 2 fully saturated rings. The van der Waals surface area contributed by atoms with Crippen molar-refractivity contribution in [3.8, 4) is 0 Å². The van der Waals surface area contributed by atoms with Crippen LogP contribution in [0.2, 0.25) is 0 Å². The zero-order valence-corrected chi connectivity index (χ0v) is 9.09. The van der Waals surface area contributed by atoms with E-state index in [1.807, 2.05) is 0 Å². The zero-order chi connectivity index (χ0) is 9.80. The van der Waals surface area contributed by atoms with Crippen molar-refractivity contribution in [2.24, 2.45) is 0 Å². The van der Waals surface area contributed by atoms with Gasteiger partial charge in [0, 0.05) is 25.2 Å². The van der Waals surface area contributed by atoms with Crippen LogP contribution in [0.3, 0.4) is 0 Å². The van der Waals surface area contributed by atoms with Crippen LogP contribution < -0.4 is 10.6 Å². The van der Waals surface area contributed by atoms with Gasteiger partial charge in [0.25, 0.3) is 0 Å². The maximum atomic E-state index is 5.77. The SMILES string of the molecule is CC(NC1CCNC1)C1CCCCO1. The summed E-state index contributed by atoms with van der Waals surface area (Å²) in [5.41, 5.74) is 0. The predicted octanol–water partition coefficient (Wildman–Crippen LogP) is 0.895. The van der Waals surface area contributed by atoms with E-state index in [1.165, 1.54) is 25.7 Å². The van der Waals surface area contributed by atoms with Crippen molar-refractivity contribution in [1.82, 2.24) is 10.6 Å². The molecular formula is C11H22N2O. The molecule has 2 aliphatic heterocycles. The first-order chi connectivity index (χ1) is 6.86. The van der Waals surface area contributed by atoms with Crippen molar-refractivity contribution in [3.05, 3.63) is 0 Å². The van der Waals surface area contributed by atoms with Crippen molar-refractivity contribution in [2.75, 3.05) is 19.7 Å². The lowest BCUT2D eigenvalue weighted by Crippen LogP contribution is -2.46. The lowest BCUT2D eigenvalue weighted by atomic mass is 10.0. The lowest BCUT2D eigenvalue weighted by Gasteiger charge is -2.30. The van der Waals surface area contributed by atoms with Crippen LogP contribution in [0.4, 0.5) is 0 Å². The molecule has 0 aliphatic carbocycles. The Labute approximate surface area is 86.6 Å². The molecule has 3 heteroatoms. The van der Waals surface area contributed by atoms with E-state index in [2.05, 4.69) is 17.6 Å². The van der Waals surface area contributed by atoms with Crippen molar-refractivity contribution in [1.29, 1.82) is 0 Å². The van der Waals surface area contributed by atoms with Gasteiger partial charge in [-0.1, -0.05) is 0 Å². The molecule has 2 N–H and O–H groups in total. The summed E-state index contributed by atoms with van der Waals surface area (Å²) >= 11 is 0. The number of hydrogen-bond acceptors (Lipinski definition) is 3. The third-order valence-electron chi connectivity index (χ3n) is 3.33. The molecule has 3 unspecified atom stereocenters. The smallest absolute Gasteiger partial charge is 0.0725 e. The summed E-state index contributed by atoms with van der Waals surface area (Å²) in [5.74, 6) is 0. The summed E-state index contributed by atoms with van der Waals surface area (Å²) in [6.45, 7) is 5.50. The first-order valence-corrected chi connectivity index (χ1v) is 5.94. The number of nitrogens with one attached hydrogen (secondary N) is 2. The standard InChI is InChI=1S/C11H22N2O/c1-9(11-4-2-3-7-14-11)13-10-5-6-12-8-10/h9-13H,2-8H2,1H3. The van der Waals surface area contributed by atoms with Gasteiger partial charge in [-0.15, -0.1) is 0 Å². The maximum Gasteiger partial charge on any atom is 0.0725 e. The fraction of sp³-hybridized carbons (Fsp3) is 1.00. The molecule has 14 heavy (non-hydrogen) atoms. The second-order valence-electron chi connectivity index (χ2n) is 4.55.